The Morgan fingerprint density at radius 2 is 0.770 bits per heavy atom. The van der Waals surface area contributed by atoms with Gasteiger partial charge in [0, 0.05) is 12.8 Å². The van der Waals surface area contributed by atoms with Crippen LogP contribution in [0.5, 0.6) is 0 Å². The number of aliphatic carboxylic acids is 1. The molecular weight excluding hydrogens is 923 g/mol. The molecule has 74 heavy (non-hydrogen) atoms. The van der Waals surface area contributed by atoms with Crippen LogP contribution in [0, 0.1) is 0 Å². The molecule has 0 rings (SSSR count). The van der Waals surface area contributed by atoms with Gasteiger partial charge in [-0.05, 0) is 51.4 Å². The number of nitrogens with zero attached hydrogens (tertiary/aromatic N) is 1. The van der Waals surface area contributed by atoms with Crippen LogP contribution in [0.1, 0.15) is 264 Å². The van der Waals surface area contributed by atoms with Crippen molar-refractivity contribution < 1.29 is 42.9 Å². The lowest BCUT2D eigenvalue weighted by Crippen LogP contribution is -2.40. The summed E-state index contributed by atoms with van der Waals surface area (Å²) in [5.41, 5.74) is 0. The Hall–Kier alpha value is -3.27. The van der Waals surface area contributed by atoms with Gasteiger partial charge in [-0.1, -0.05) is 273 Å². The number of carboxylic acids is 1. The molecule has 0 radical (unpaired) electrons. The fourth-order valence-corrected chi connectivity index (χ4v) is 8.57. The lowest BCUT2D eigenvalue weighted by molar-refractivity contribution is -0.870. The van der Waals surface area contributed by atoms with Gasteiger partial charge in [-0.25, -0.2) is 4.79 Å². The average Bonchev–Trinajstić information content (AvgIpc) is 3.37. The van der Waals surface area contributed by atoms with Gasteiger partial charge < -0.3 is 28.5 Å². The molecule has 2 atom stereocenters. The molecule has 0 aliphatic heterocycles. The summed E-state index contributed by atoms with van der Waals surface area (Å²) in [5.74, 6) is -2.11. The molecule has 9 nitrogen and oxygen atoms in total. The number of unbranched alkanes of at least 4 members (excludes halogenated alkanes) is 29. The minimum Gasteiger partial charge on any atom is -0.477 e. The Labute approximate surface area is 456 Å². The van der Waals surface area contributed by atoms with E-state index in [1.54, 1.807) is 0 Å². The first-order valence-electron chi connectivity index (χ1n) is 30.6. The second-order valence-corrected chi connectivity index (χ2v) is 21.6. The van der Waals surface area contributed by atoms with E-state index < -0.39 is 24.3 Å². The van der Waals surface area contributed by atoms with Crippen molar-refractivity contribution in [2.45, 2.75) is 277 Å². The normalized spacial score (nSPS) is 13.3. The second-order valence-electron chi connectivity index (χ2n) is 21.6. The van der Waals surface area contributed by atoms with E-state index in [0.717, 1.165) is 57.8 Å². The molecule has 0 aliphatic rings. The zero-order valence-electron chi connectivity index (χ0n) is 48.7. The lowest BCUT2D eigenvalue weighted by Gasteiger charge is -2.25. The third-order valence-corrected chi connectivity index (χ3v) is 13.2. The van der Waals surface area contributed by atoms with Crippen LogP contribution in [0.3, 0.4) is 0 Å². The van der Waals surface area contributed by atoms with Crippen LogP contribution in [0.2, 0.25) is 0 Å². The van der Waals surface area contributed by atoms with E-state index in [1.165, 1.54) is 173 Å². The smallest absolute Gasteiger partial charge is 0.361 e. The van der Waals surface area contributed by atoms with E-state index in [9.17, 15) is 19.5 Å². The van der Waals surface area contributed by atoms with Gasteiger partial charge in [0.1, 0.15) is 13.2 Å². The fraction of sp³-hybridized carbons (Fsp3) is 0.769. The van der Waals surface area contributed by atoms with Gasteiger partial charge in [0.25, 0.3) is 6.29 Å². The molecule has 0 aromatic carbocycles. The molecule has 0 aliphatic carbocycles. The van der Waals surface area contributed by atoms with Crippen LogP contribution in [0.15, 0.2) is 72.9 Å². The lowest BCUT2D eigenvalue weighted by atomic mass is 10.0. The van der Waals surface area contributed by atoms with Crippen molar-refractivity contribution in [1.29, 1.82) is 0 Å². The topological polar surface area (TPSA) is 108 Å². The summed E-state index contributed by atoms with van der Waals surface area (Å²) in [5, 5.41) is 9.70. The Kier molecular flexibility index (Phi) is 53.5. The molecule has 0 fully saturated rings. The van der Waals surface area contributed by atoms with Gasteiger partial charge in [0.15, 0.2) is 6.10 Å². The number of carbonyl (C=O) groups excluding carboxylic acids is 2. The fourth-order valence-electron chi connectivity index (χ4n) is 8.57. The number of rotatable bonds is 56. The summed E-state index contributed by atoms with van der Waals surface area (Å²) in [7, 11) is 5.94. The van der Waals surface area contributed by atoms with Gasteiger partial charge in [-0.2, -0.15) is 0 Å². The molecule has 428 valence electrons. The van der Waals surface area contributed by atoms with Crippen LogP contribution < -0.4 is 0 Å². The van der Waals surface area contributed by atoms with Crippen molar-refractivity contribution in [3.8, 4) is 0 Å². The standard InChI is InChI=1S/C65H115NO8/c1-6-8-10-12-14-16-18-20-22-24-26-27-28-29-30-31-32-33-34-35-36-38-39-41-43-45-47-49-51-53-55-62(67)72-59-61(60-73-65(64(69)70)71-58-57-66(3,4)5)74-63(68)56-54-52-50-48-46-44-42-40-37-25-23-21-19-17-15-13-11-9-7-2/h9,11,15,17,21,23,37,40,44,46,50,52,61,65H,6-8,10,12-14,16,18-20,22,24-36,38-39,41-43,45,47-49,51,53-60H2,1-5H3/p+1/b11-9-,17-15-,23-21-,40-37-,46-44-,52-50-. The Morgan fingerprint density at radius 1 is 0.419 bits per heavy atom. The number of carbonyl (C=O) groups is 3. The summed E-state index contributed by atoms with van der Waals surface area (Å²) in [4.78, 5) is 37.4. The highest BCUT2D eigenvalue weighted by Gasteiger charge is 2.25. The highest BCUT2D eigenvalue weighted by atomic mass is 16.7. The average molecular weight is 1040 g/mol. The van der Waals surface area contributed by atoms with Gasteiger partial charge in [-0.15, -0.1) is 0 Å². The summed E-state index contributed by atoms with van der Waals surface area (Å²) in [6, 6.07) is 0. The molecule has 0 heterocycles. The summed E-state index contributed by atoms with van der Waals surface area (Å²) in [6.07, 6.45) is 70.3. The Morgan fingerprint density at radius 3 is 1.12 bits per heavy atom. The summed E-state index contributed by atoms with van der Waals surface area (Å²) in [6.45, 7) is 4.70. The molecule has 0 aromatic heterocycles. The Bertz CT molecular complexity index is 1440. The zero-order valence-corrected chi connectivity index (χ0v) is 48.7. The first-order valence-corrected chi connectivity index (χ1v) is 30.6. The number of likely N-dealkylation sites (N-methyl/N-ethyl adjacent to an activating group) is 1. The van der Waals surface area contributed by atoms with Gasteiger partial charge >= 0.3 is 17.9 Å². The monoisotopic (exact) mass is 1040 g/mol. The van der Waals surface area contributed by atoms with Crippen molar-refractivity contribution in [3.63, 3.8) is 0 Å². The molecule has 0 bridgehead atoms. The van der Waals surface area contributed by atoms with E-state index in [2.05, 4.69) is 74.6 Å². The molecule has 0 saturated carbocycles. The highest BCUT2D eigenvalue weighted by Crippen LogP contribution is 2.17. The second kappa shape index (κ2) is 55.9. The predicted octanol–water partition coefficient (Wildman–Crippen LogP) is 18.2. The number of hydrogen-bond acceptors (Lipinski definition) is 7. The van der Waals surface area contributed by atoms with E-state index >= 15 is 0 Å². The molecule has 0 aromatic rings. The van der Waals surface area contributed by atoms with Gasteiger partial charge in [0.2, 0.25) is 0 Å². The quantitative estimate of drug-likeness (QED) is 0.0211. The largest absolute Gasteiger partial charge is 0.477 e. The number of quaternary nitrogens is 1. The molecule has 9 heteroatoms. The predicted molar refractivity (Wildman–Crippen MR) is 313 cm³/mol. The molecule has 0 saturated heterocycles. The molecule has 1 N–H and O–H groups in total. The summed E-state index contributed by atoms with van der Waals surface area (Å²) < 4.78 is 22.8. The van der Waals surface area contributed by atoms with E-state index in [-0.39, 0.29) is 38.6 Å². The van der Waals surface area contributed by atoms with Crippen LogP contribution in [0.25, 0.3) is 0 Å². The number of allylic oxidation sites excluding steroid dienone is 12. The van der Waals surface area contributed by atoms with E-state index in [0.29, 0.717) is 17.4 Å². The van der Waals surface area contributed by atoms with E-state index in [1.807, 2.05) is 33.3 Å². The van der Waals surface area contributed by atoms with E-state index in [4.69, 9.17) is 18.9 Å². The van der Waals surface area contributed by atoms with Crippen LogP contribution >= 0.6 is 0 Å². The molecular formula is C65H116NO8+. The number of esters is 2. The van der Waals surface area contributed by atoms with Crippen molar-refractivity contribution in [2.24, 2.45) is 0 Å². The maximum atomic E-state index is 12.8. The maximum Gasteiger partial charge on any atom is 0.361 e. The number of ether oxygens (including phenoxy) is 4. The van der Waals surface area contributed by atoms with Crippen molar-refractivity contribution in [2.75, 3.05) is 47.5 Å². The minimum atomic E-state index is -1.53. The van der Waals surface area contributed by atoms with Crippen molar-refractivity contribution in [1.82, 2.24) is 0 Å². The SMILES string of the molecule is CC/C=C\C/C=C\C/C=C\C/C=C\C/C=C\C/C=C\CCC(=O)OC(COC(=O)CCCCCCCCCCCCCCCCCCCCCCCCCCCCCCCC)COC(OCC[N+](C)(C)C)C(=O)O. The molecule has 0 spiro atoms. The summed E-state index contributed by atoms with van der Waals surface area (Å²) >= 11 is 0. The first-order chi connectivity index (χ1) is 36.1. The van der Waals surface area contributed by atoms with Crippen LogP contribution in [-0.4, -0.2) is 87.4 Å². The molecule has 0 amide bonds. The van der Waals surface area contributed by atoms with Crippen LogP contribution in [0.4, 0.5) is 0 Å². The zero-order chi connectivity index (χ0) is 54.1. The van der Waals surface area contributed by atoms with Gasteiger partial charge in [0.05, 0.1) is 34.4 Å². The first kappa shape index (κ1) is 70.7. The highest BCUT2D eigenvalue weighted by molar-refractivity contribution is 5.71. The third-order valence-electron chi connectivity index (χ3n) is 13.2. The van der Waals surface area contributed by atoms with Crippen LogP contribution in [-0.2, 0) is 33.3 Å². The maximum absolute atomic E-state index is 12.8. The number of carboxylic acid groups (broad SMARTS) is 1. The van der Waals surface area contributed by atoms with Gasteiger partial charge in [-0.3, -0.25) is 9.59 Å². The van der Waals surface area contributed by atoms with Crippen molar-refractivity contribution in [3.05, 3.63) is 72.9 Å². The molecule has 2 unspecified atom stereocenters. The Balaban J connectivity index is 4.19. The van der Waals surface area contributed by atoms with Crippen molar-refractivity contribution >= 4 is 17.9 Å². The third kappa shape index (κ3) is 56.5. The minimum absolute atomic E-state index is 0.134. The number of hydrogen-bond donors (Lipinski definition) is 1.